The quantitative estimate of drug-likeness (QED) is 0.784. The van der Waals surface area contributed by atoms with Crippen molar-refractivity contribution in [1.29, 1.82) is 0 Å². The summed E-state index contributed by atoms with van der Waals surface area (Å²) in [5.41, 5.74) is 5.41. The highest BCUT2D eigenvalue weighted by molar-refractivity contribution is 6.32. The van der Waals surface area contributed by atoms with Crippen LogP contribution in [0.2, 0.25) is 5.02 Å². The molecule has 7 heteroatoms. The van der Waals surface area contributed by atoms with Gasteiger partial charge in [-0.3, -0.25) is 20.4 Å². The maximum absolute atomic E-state index is 11.8. The predicted octanol–water partition coefficient (Wildman–Crippen LogP) is 2.12. The Morgan fingerprint density at radius 2 is 1.67 bits per heavy atom. The van der Waals surface area contributed by atoms with Crippen molar-refractivity contribution < 1.29 is 19.1 Å². The van der Waals surface area contributed by atoms with E-state index in [-0.39, 0.29) is 18.9 Å². The number of ether oxygens (including phenoxy) is 2. The highest BCUT2D eigenvalue weighted by Gasteiger charge is 2.08. The molecule has 2 aromatic rings. The lowest BCUT2D eigenvalue weighted by Crippen LogP contribution is -2.44. The first kappa shape index (κ1) is 17.6. The molecule has 0 fully saturated rings. The van der Waals surface area contributed by atoms with Crippen molar-refractivity contribution in [1.82, 2.24) is 10.9 Å². The minimum absolute atomic E-state index is 0.135. The van der Waals surface area contributed by atoms with Gasteiger partial charge in [-0.1, -0.05) is 35.9 Å². The Labute approximate surface area is 144 Å². The molecule has 2 amide bonds. The number of rotatable bonds is 6. The third kappa shape index (κ3) is 5.48. The standard InChI is InChI=1S/C17H17ClN2O4/c1-23-13-8-6-12(7-9-13)10-16(21)19-20-17(22)11-24-15-5-3-2-4-14(15)18/h2-9H,10-11H2,1H3,(H,19,21)(H,20,22). The molecule has 6 nitrogen and oxygen atoms in total. The molecule has 24 heavy (non-hydrogen) atoms. The van der Waals surface area contributed by atoms with Crippen molar-refractivity contribution in [2.45, 2.75) is 6.42 Å². The van der Waals surface area contributed by atoms with Gasteiger partial charge in [0.05, 0.1) is 18.6 Å². The number of para-hydroxylation sites is 1. The molecule has 0 bridgehead atoms. The minimum Gasteiger partial charge on any atom is -0.497 e. The average Bonchev–Trinajstić information content (AvgIpc) is 2.60. The predicted molar refractivity (Wildman–Crippen MR) is 89.9 cm³/mol. The lowest BCUT2D eigenvalue weighted by molar-refractivity contribution is -0.129. The summed E-state index contributed by atoms with van der Waals surface area (Å²) >= 11 is 5.91. The van der Waals surface area contributed by atoms with Crippen LogP contribution in [0.3, 0.4) is 0 Å². The third-order valence-corrected chi connectivity index (χ3v) is 3.37. The summed E-state index contributed by atoms with van der Waals surface area (Å²) in [6.07, 6.45) is 0.135. The van der Waals surface area contributed by atoms with Crippen molar-refractivity contribution in [2.24, 2.45) is 0 Å². The van der Waals surface area contributed by atoms with Crippen molar-refractivity contribution in [3.63, 3.8) is 0 Å². The summed E-state index contributed by atoms with van der Waals surface area (Å²) in [6, 6.07) is 13.9. The lowest BCUT2D eigenvalue weighted by atomic mass is 10.1. The van der Waals surface area contributed by atoms with Crippen LogP contribution in [-0.2, 0) is 16.0 Å². The van der Waals surface area contributed by atoms with Crippen LogP contribution in [0.25, 0.3) is 0 Å². The largest absolute Gasteiger partial charge is 0.497 e. The fourth-order valence-corrected chi connectivity index (χ4v) is 2.04. The van der Waals surface area contributed by atoms with E-state index in [1.165, 1.54) is 0 Å². The summed E-state index contributed by atoms with van der Waals surface area (Å²) in [5.74, 6) is 0.285. The van der Waals surface area contributed by atoms with Gasteiger partial charge in [-0.15, -0.1) is 0 Å². The maximum atomic E-state index is 11.8. The second kappa shape index (κ2) is 8.79. The molecule has 0 saturated heterocycles. The van der Waals surface area contributed by atoms with E-state index in [2.05, 4.69) is 10.9 Å². The van der Waals surface area contributed by atoms with Crippen LogP contribution in [0.5, 0.6) is 11.5 Å². The Kier molecular flexibility index (Phi) is 6.45. The lowest BCUT2D eigenvalue weighted by Gasteiger charge is -2.10. The Morgan fingerprint density at radius 3 is 2.33 bits per heavy atom. The number of hydrogen-bond donors (Lipinski definition) is 2. The van der Waals surface area contributed by atoms with E-state index in [4.69, 9.17) is 21.1 Å². The molecule has 2 aromatic carbocycles. The molecule has 0 spiro atoms. The van der Waals surface area contributed by atoms with Gasteiger partial charge < -0.3 is 9.47 Å². The molecule has 0 aromatic heterocycles. The smallest absolute Gasteiger partial charge is 0.276 e. The molecule has 126 valence electrons. The molecule has 0 saturated carbocycles. The number of nitrogens with one attached hydrogen (secondary N) is 2. The summed E-state index contributed by atoms with van der Waals surface area (Å²) in [5, 5.41) is 0.411. The van der Waals surface area contributed by atoms with Crippen LogP contribution in [0.4, 0.5) is 0 Å². The zero-order chi connectivity index (χ0) is 17.4. The summed E-state index contributed by atoms with van der Waals surface area (Å²) in [4.78, 5) is 23.4. The first-order valence-corrected chi connectivity index (χ1v) is 7.54. The number of methoxy groups -OCH3 is 1. The summed E-state index contributed by atoms with van der Waals surface area (Å²) < 4.78 is 10.3. The molecule has 0 heterocycles. The van der Waals surface area contributed by atoms with Crippen molar-refractivity contribution in [2.75, 3.05) is 13.7 Å². The zero-order valence-corrected chi connectivity index (χ0v) is 13.8. The number of amides is 2. The molecule has 0 aliphatic carbocycles. The van der Waals surface area contributed by atoms with Crippen LogP contribution >= 0.6 is 11.6 Å². The number of benzene rings is 2. The third-order valence-electron chi connectivity index (χ3n) is 3.06. The number of hydrogen-bond acceptors (Lipinski definition) is 4. The minimum atomic E-state index is -0.488. The van der Waals surface area contributed by atoms with Crippen molar-refractivity contribution in [3.8, 4) is 11.5 Å². The fraction of sp³-hybridized carbons (Fsp3) is 0.176. The molecule has 0 aliphatic heterocycles. The topological polar surface area (TPSA) is 76.7 Å². The van der Waals surface area contributed by atoms with Gasteiger partial charge >= 0.3 is 0 Å². The maximum Gasteiger partial charge on any atom is 0.276 e. The monoisotopic (exact) mass is 348 g/mol. The molecule has 0 unspecified atom stereocenters. The van der Waals surface area contributed by atoms with E-state index in [1.807, 2.05) is 0 Å². The van der Waals surface area contributed by atoms with Gasteiger partial charge in [0.25, 0.3) is 5.91 Å². The van der Waals surface area contributed by atoms with Gasteiger partial charge in [0, 0.05) is 0 Å². The first-order chi connectivity index (χ1) is 11.6. The Hall–Kier alpha value is -2.73. The molecule has 2 N–H and O–H groups in total. The average molecular weight is 349 g/mol. The van der Waals surface area contributed by atoms with E-state index in [0.717, 1.165) is 5.56 Å². The van der Waals surface area contributed by atoms with Crippen molar-refractivity contribution >= 4 is 23.4 Å². The second-order valence-electron chi connectivity index (χ2n) is 4.84. The van der Waals surface area contributed by atoms with Gasteiger partial charge in [0.15, 0.2) is 6.61 Å². The molecular formula is C17H17ClN2O4. The number of carbonyl (C=O) groups excluding carboxylic acids is 2. The van der Waals surface area contributed by atoms with E-state index < -0.39 is 5.91 Å². The van der Waals surface area contributed by atoms with Gasteiger partial charge in [-0.05, 0) is 29.8 Å². The van der Waals surface area contributed by atoms with Crippen LogP contribution in [-0.4, -0.2) is 25.5 Å². The molecule has 0 radical (unpaired) electrons. The van der Waals surface area contributed by atoms with E-state index >= 15 is 0 Å². The molecule has 2 rings (SSSR count). The highest BCUT2D eigenvalue weighted by Crippen LogP contribution is 2.22. The zero-order valence-electron chi connectivity index (χ0n) is 13.0. The van der Waals surface area contributed by atoms with Crippen LogP contribution in [0, 0.1) is 0 Å². The van der Waals surface area contributed by atoms with Gasteiger partial charge in [-0.2, -0.15) is 0 Å². The first-order valence-electron chi connectivity index (χ1n) is 7.16. The molecule has 0 atom stereocenters. The summed E-state index contributed by atoms with van der Waals surface area (Å²) in [6.45, 7) is -0.257. The second-order valence-corrected chi connectivity index (χ2v) is 5.25. The van der Waals surface area contributed by atoms with E-state index in [1.54, 1.807) is 55.6 Å². The molecular weight excluding hydrogens is 332 g/mol. The highest BCUT2D eigenvalue weighted by atomic mass is 35.5. The Morgan fingerprint density at radius 1 is 1.00 bits per heavy atom. The van der Waals surface area contributed by atoms with Gasteiger partial charge in [0.1, 0.15) is 11.5 Å². The summed E-state index contributed by atoms with van der Waals surface area (Å²) in [7, 11) is 1.57. The normalized spacial score (nSPS) is 9.92. The van der Waals surface area contributed by atoms with Crippen molar-refractivity contribution in [3.05, 3.63) is 59.1 Å². The number of carbonyl (C=O) groups is 2. The SMILES string of the molecule is COc1ccc(CC(=O)NNC(=O)COc2ccccc2Cl)cc1. The Bertz CT molecular complexity index is 704. The van der Waals surface area contributed by atoms with Gasteiger partial charge in [0.2, 0.25) is 5.91 Å². The Balaban J connectivity index is 1.72. The van der Waals surface area contributed by atoms with Gasteiger partial charge in [-0.25, -0.2) is 0 Å². The number of hydrazine groups is 1. The van der Waals surface area contributed by atoms with Crippen LogP contribution < -0.4 is 20.3 Å². The molecule has 0 aliphatic rings. The fourth-order valence-electron chi connectivity index (χ4n) is 1.85. The van der Waals surface area contributed by atoms with E-state index in [9.17, 15) is 9.59 Å². The van der Waals surface area contributed by atoms with Crippen LogP contribution in [0.15, 0.2) is 48.5 Å². The number of halogens is 1. The van der Waals surface area contributed by atoms with E-state index in [0.29, 0.717) is 16.5 Å². The van der Waals surface area contributed by atoms with Crippen LogP contribution in [0.1, 0.15) is 5.56 Å².